The van der Waals surface area contributed by atoms with Crippen LogP contribution in [0.1, 0.15) is 54.9 Å². The first-order chi connectivity index (χ1) is 13.8. The number of para-hydroxylation sites is 1. The Labute approximate surface area is 172 Å². The first kappa shape index (κ1) is 19.6. The number of benzene rings is 1. The lowest BCUT2D eigenvalue weighted by molar-refractivity contribution is 0.606. The Bertz CT molecular complexity index is 1440. The third-order valence-corrected chi connectivity index (χ3v) is 6.60. The minimum atomic E-state index is -0.283. The van der Waals surface area contributed by atoms with Crippen molar-refractivity contribution in [2.75, 3.05) is 0 Å². The minimum absolute atomic E-state index is 0.243. The van der Waals surface area contributed by atoms with Crippen molar-refractivity contribution in [2.45, 2.75) is 54.0 Å². The van der Waals surface area contributed by atoms with Gasteiger partial charge in [-0.2, -0.15) is 0 Å². The summed E-state index contributed by atoms with van der Waals surface area (Å²) in [5.74, 6) is 0. The maximum absolute atomic E-state index is 13.1. The van der Waals surface area contributed by atoms with Crippen LogP contribution in [-0.2, 0) is 6.42 Å². The van der Waals surface area contributed by atoms with Crippen LogP contribution in [-0.4, -0.2) is 14.0 Å². The summed E-state index contributed by atoms with van der Waals surface area (Å²) < 4.78 is 4.08. The van der Waals surface area contributed by atoms with Gasteiger partial charge in [-0.05, 0) is 52.7 Å². The van der Waals surface area contributed by atoms with E-state index >= 15 is 0 Å². The number of aryl methyl sites for hydroxylation is 2. The fraction of sp³-hybridized carbons (Fsp3) is 0.348. The summed E-state index contributed by atoms with van der Waals surface area (Å²) in [6.45, 7) is 12.3. The summed E-state index contributed by atoms with van der Waals surface area (Å²) in [5.41, 5.74) is 5.33. The summed E-state index contributed by atoms with van der Waals surface area (Å²) in [7, 11) is 0. The molecule has 0 aliphatic rings. The van der Waals surface area contributed by atoms with E-state index in [1.165, 1.54) is 26.8 Å². The summed E-state index contributed by atoms with van der Waals surface area (Å²) >= 11 is 1.28. The van der Waals surface area contributed by atoms with Crippen LogP contribution in [0.4, 0.5) is 0 Å². The summed E-state index contributed by atoms with van der Waals surface area (Å²) in [6, 6.07) is 6.56. The van der Waals surface area contributed by atoms with Gasteiger partial charge in [0.05, 0.1) is 10.0 Å². The second-order valence-electron chi connectivity index (χ2n) is 7.80. The number of nitrogens with zero attached hydrogens (tertiary/aromatic N) is 3. The number of hydrogen-bond acceptors (Lipinski definition) is 4. The standard InChI is InChI=1S/C23H25N3O2S/c1-7-16-14(5)24-23-26(21(16)27)22(28)19(29-23)11-18-15(6)25(12(2)3)20-13(4)9-8-10-17(18)20/h8-12H,7H2,1-6H3/b19-11-. The van der Waals surface area contributed by atoms with Crippen molar-refractivity contribution in [1.82, 2.24) is 14.0 Å². The zero-order valence-corrected chi connectivity index (χ0v) is 18.5. The van der Waals surface area contributed by atoms with E-state index < -0.39 is 0 Å². The van der Waals surface area contributed by atoms with Crippen molar-refractivity contribution in [1.29, 1.82) is 0 Å². The van der Waals surface area contributed by atoms with Crippen molar-refractivity contribution in [3.8, 4) is 0 Å². The second kappa shape index (κ2) is 6.95. The first-order valence-corrected chi connectivity index (χ1v) is 10.7. The van der Waals surface area contributed by atoms with Gasteiger partial charge in [-0.3, -0.25) is 9.59 Å². The van der Waals surface area contributed by atoms with Crippen LogP contribution >= 0.6 is 11.3 Å². The first-order valence-electron chi connectivity index (χ1n) is 9.93. The molecule has 5 nitrogen and oxygen atoms in total. The van der Waals surface area contributed by atoms with E-state index in [4.69, 9.17) is 0 Å². The summed E-state index contributed by atoms with van der Waals surface area (Å²) in [6.07, 6.45) is 2.49. The van der Waals surface area contributed by atoms with Crippen molar-refractivity contribution in [2.24, 2.45) is 0 Å². The van der Waals surface area contributed by atoms with E-state index in [1.807, 2.05) is 26.0 Å². The zero-order valence-electron chi connectivity index (χ0n) is 17.7. The van der Waals surface area contributed by atoms with E-state index in [0.29, 0.717) is 33.2 Å². The van der Waals surface area contributed by atoms with E-state index in [9.17, 15) is 9.59 Å². The summed E-state index contributed by atoms with van der Waals surface area (Å²) in [4.78, 5) is 30.9. The van der Waals surface area contributed by atoms with Gasteiger partial charge < -0.3 is 4.57 Å². The molecule has 4 aromatic rings. The normalized spacial score (nSPS) is 12.7. The fourth-order valence-electron chi connectivity index (χ4n) is 4.28. The van der Waals surface area contributed by atoms with Crippen molar-refractivity contribution in [3.05, 3.63) is 71.5 Å². The lowest BCUT2D eigenvalue weighted by Crippen LogP contribution is -2.33. The molecule has 3 aromatic heterocycles. The highest BCUT2D eigenvalue weighted by Gasteiger charge is 2.18. The van der Waals surface area contributed by atoms with Crippen LogP contribution < -0.4 is 15.7 Å². The van der Waals surface area contributed by atoms with Gasteiger partial charge in [-0.25, -0.2) is 9.38 Å². The predicted molar refractivity (Wildman–Crippen MR) is 120 cm³/mol. The molecule has 0 atom stereocenters. The van der Waals surface area contributed by atoms with Gasteiger partial charge in [-0.15, -0.1) is 0 Å². The smallest absolute Gasteiger partial charge is 0.277 e. The molecule has 29 heavy (non-hydrogen) atoms. The highest BCUT2D eigenvalue weighted by atomic mass is 32.1. The number of hydrogen-bond donors (Lipinski definition) is 0. The molecule has 3 heterocycles. The van der Waals surface area contributed by atoms with Gasteiger partial charge in [-0.1, -0.05) is 36.5 Å². The molecule has 0 aliphatic heterocycles. The van der Waals surface area contributed by atoms with Gasteiger partial charge in [0, 0.05) is 33.9 Å². The average Bonchev–Trinajstić information content (AvgIpc) is 3.11. The Morgan fingerprint density at radius 3 is 2.52 bits per heavy atom. The Morgan fingerprint density at radius 2 is 1.86 bits per heavy atom. The van der Waals surface area contributed by atoms with Gasteiger partial charge in [0.1, 0.15) is 0 Å². The van der Waals surface area contributed by atoms with Crippen LogP contribution in [0.2, 0.25) is 0 Å². The maximum atomic E-state index is 13.1. The van der Waals surface area contributed by atoms with Gasteiger partial charge >= 0.3 is 0 Å². The molecule has 0 spiro atoms. The Balaban J connectivity index is 2.11. The zero-order chi connectivity index (χ0) is 21.0. The topological polar surface area (TPSA) is 56.4 Å². The van der Waals surface area contributed by atoms with Gasteiger partial charge in [0.2, 0.25) is 4.96 Å². The third-order valence-electron chi connectivity index (χ3n) is 5.63. The SMILES string of the molecule is CCc1c(C)nc2s/c(=C\c3c(C)n(C(C)C)c4c(C)cccc34)c(=O)n2c1=O. The summed E-state index contributed by atoms with van der Waals surface area (Å²) in [5, 5.41) is 1.12. The number of rotatable bonds is 3. The largest absolute Gasteiger partial charge is 0.342 e. The molecule has 0 amide bonds. The van der Waals surface area contributed by atoms with Crippen LogP contribution in [0.3, 0.4) is 0 Å². The third kappa shape index (κ3) is 2.85. The predicted octanol–water partition coefficient (Wildman–Crippen LogP) is 3.69. The molecule has 0 bridgehead atoms. The van der Waals surface area contributed by atoms with Crippen LogP contribution in [0, 0.1) is 20.8 Å². The van der Waals surface area contributed by atoms with E-state index in [0.717, 1.165) is 16.6 Å². The Morgan fingerprint density at radius 1 is 1.14 bits per heavy atom. The molecule has 0 aliphatic carbocycles. The number of aromatic nitrogens is 3. The highest BCUT2D eigenvalue weighted by molar-refractivity contribution is 7.15. The lowest BCUT2D eigenvalue weighted by Gasteiger charge is -2.13. The lowest BCUT2D eigenvalue weighted by atomic mass is 10.1. The van der Waals surface area contributed by atoms with Gasteiger partial charge in [0.15, 0.2) is 0 Å². The molecular formula is C23H25N3O2S. The Kier molecular flexibility index (Phi) is 4.69. The number of thiazole rings is 1. The van der Waals surface area contributed by atoms with Crippen LogP contribution in [0.15, 0.2) is 27.8 Å². The molecule has 150 valence electrons. The molecule has 0 fully saturated rings. The molecule has 0 saturated carbocycles. The molecule has 1 aromatic carbocycles. The quantitative estimate of drug-likeness (QED) is 0.520. The minimum Gasteiger partial charge on any atom is -0.342 e. The van der Waals surface area contributed by atoms with E-state index in [-0.39, 0.29) is 11.1 Å². The molecular weight excluding hydrogens is 382 g/mol. The maximum Gasteiger partial charge on any atom is 0.277 e. The molecule has 0 saturated heterocycles. The van der Waals surface area contributed by atoms with Crippen molar-refractivity contribution < 1.29 is 0 Å². The Hall–Kier alpha value is -2.73. The van der Waals surface area contributed by atoms with Crippen LogP contribution in [0.5, 0.6) is 0 Å². The van der Waals surface area contributed by atoms with Crippen molar-refractivity contribution >= 4 is 33.3 Å². The monoisotopic (exact) mass is 407 g/mol. The molecule has 0 unspecified atom stereocenters. The molecule has 6 heteroatoms. The number of fused-ring (bicyclic) bond motifs is 2. The highest BCUT2D eigenvalue weighted by Crippen LogP contribution is 2.31. The van der Waals surface area contributed by atoms with Gasteiger partial charge in [0.25, 0.3) is 11.1 Å². The van der Waals surface area contributed by atoms with E-state index in [2.05, 4.69) is 49.4 Å². The van der Waals surface area contributed by atoms with Crippen molar-refractivity contribution in [3.63, 3.8) is 0 Å². The van der Waals surface area contributed by atoms with Crippen LogP contribution in [0.25, 0.3) is 21.9 Å². The fourth-order valence-corrected chi connectivity index (χ4v) is 5.27. The van der Waals surface area contributed by atoms with E-state index in [1.54, 1.807) is 0 Å². The average molecular weight is 408 g/mol. The molecule has 0 radical (unpaired) electrons. The second-order valence-corrected chi connectivity index (χ2v) is 8.81. The molecule has 0 N–H and O–H groups in total. The molecule has 4 rings (SSSR count).